The molecule has 0 radical (unpaired) electrons. The van der Waals surface area contributed by atoms with Crippen LogP contribution in [0.25, 0.3) is 0 Å². The number of carbonyl (C=O) groups excluding carboxylic acids is 1. The third-order valence-corrected chi connectivity index (χ3v) is 0. The van der Waals surface area contributed by atoms with Gasteiger partial charge in [0, 0.05) is 0 Å². The number of carbonyl (C=O) groups is 1. The SMILES string of the molecule is ClCCl.O=C([O-])[O-].[Na+].[Na+]. The zero-order valence-electron chi connectivity index (χ0n) is 5.19. The Morgan fingerprint density at radius 3 is 1.22 bits per heavy atom. The van der Waals surface area contributed by atoms with E-state index in [1.54, 1.807) is 0 Å². The second kappa shape index (κ2) is 22.5. The summed E-state index contributed by atoms with van der Waals surface area (Å²) in [5.41, 5.74) is 0. The van der Waals surface area contributed by atoms with Crippen LogP contribution in [-0.4, -0.2) is 11.5 Å². The molecular weight excluding hydrogens is 189 g/mol. The van der Waals surface area contributed by atoms with Gasteiger partial charge in [0.2, 0.25) is 0 Å². The molecule has 0 aromatic heterocycles. The smallest absolute Gasteiger partial charge is 0.652 e. The van der Waals surface area contributed by atoms with Crippen LogP contribution in [0, 0.1) is 0 Å². The van der Waals surface area contributed by atoms with E-state index in [1.807, 2.05) is 0 Å². The van der Waals surface area contributed by atoms with Crippen molar-refractivity contribution in [3.05, 3.63) is 0 Å². The molecule has 9 heavy (non-hydrogen) atoms. The van der Waals surface area contributed by atoms with Crippen molar-refractivity contribution in [1.29, 1.82) is 0 Å². The molecule has 0 atom stereocenters. The molecule has 0 saturated carbocycles. The molecule has 3 nitrogen and oxygen atoms in total. The van der Waals surface area contributed by atoms with Crippen molar-refractivity contribution in [2.24, 2.45) is 0 Å². The minimum atomic E-state index is -2.33. The Bertz CT molecular complexity index is 49.1. The summed E-state index contributed by atoms with van der Waals surface area (Å²) in [5, 5.41) is 16.9. The van der Waals surface area contributed by atoms with Gasteiger partial charge >= 0.3 is 59.1 Å². The minimum Gasteiger partial charge on any atom is -0.652 e. The quantitative estimate of drug-likeness (QED) is 0.282. The molecule has 0 saturated heterocycles. The van der Waals surface area contributed by atoms with Gasteiger partial charge in [-0.3, -0.25) is 0 Å². The van der Waals surface area contributed by atoms with Gasteiger partial charge in [-0.2, -0.15) is 0 Å². The number of carboxylic acid groups (broad SMARTS) is 2. The predicted octanol–water partition coefficient (Wildman–Crippen LogP) is -7.02. The Morgan fingerprint density at radius 1 is 1.22 bits per heavy atom. The molecular formula is C2H2Cl2Na2O3. The van der Waals surface area contributed by atoms with Crippen LogP contribution in [0.15, 0.2) is 0 Å². The zero-order valence-corrected chi connectivity index (χ0v) is 10.7. The first kappa shape index (κ1) is 22.4. The molecule has 0 aliphatic rings. The van der Waals surface area contributed by atoms with Crippen molar-refractivity contribution in [1.82, 2.24) is 0 Å². The van der Waals surface area contributed by atoms with Crippen molar-refractivity contribution in [2.75, 3.05) is 5.34 Å². The van der Waals surface area contributed by atoms with E-state index < -0.39 is 6.16 Å². The minimum absolute atomic E-state index is 0. The van der Waals surface area contributed by atoms with E-state index in [1.165, 1.54) is 0 Å². The van der Waals surface area contributed by atoms with Crippen LogP contribution in [0.1, 0.15) is 0 Å². The van der Waals surface area contributed by atoms with Gasteiger partial charge in [-0.15, -0.1) is 23.2 Å². The van der Waals surface area contributed by atoms with Gasteiger partial charge in [0.15, 0.2) is 0 Å². The van der Waals surface area contributed by atoms with Crippen molar-refractivity contribution in [3.63, 3.8) is 0 Å². The standard InChI is InChI=1S/CH2Cl2.CH2O3.2Na/c2-1-3;2-1(3)4;;/h1H2;(H2,2,3,4);;/q;;2*+1/p-2. The van der Waals surface area contributed by atoms with Crippen LogP contribution < -0.4 is 69.3 Å². The Labute approximate surface area is 107 Å². The molecule has 0 aromatic carbocycles. The van der Waals surface area contributed by atoms with Gasteiger partial charge in [0.05, 0.1) is 5.34 Å². The van der Waals surface area contributed by atoms with Crippen LogP contribution in [0.5, 0.6) is 0 Å². The van der Waals surface area contributed by atoms with Crippen LogP contribution in [0.4, 0.5) is 4.79 Å². The summed E-state index contributed by atoms with van der Waals surface area (Å²) in [5.74, 6) is 0. The Morgan fingerprint density at radius 2 is 1.22 bits per heavy atom. The number of halogens is 2. The van der Waals surface area contributed by atoms with Gasteiger partial charge in [-0.25, -0.2) is 0 Å². The van der Waals surface area contributed by atoms with E-state index in [4.69, 9.17) is 38.2 Å². The molecule has 0 heterocycles. The molecule has 0 N–H and O–H groups in total. The maximum absolute atomic E-state index is 8.33. The first-order chi connectivity index (χ1) is 3.15. The molecule has 0 fully saturated rings. The predicted molar refractivity (Wildman–Crippen MR) is 22.0 cm³/mol. The summed E-state index contributed by atoms with van der Waals surface area (Å²) >= 11 is 9.53. The number of rotatable bonds is 0. The number of hydrogen-bond donors (Lipinski definition) is 0. The molecule has 0 bridgehead atoms. The molecule has 44 valence electrons. The monoisotopic (exact) mass is 190 g/mol. The van der Waals surface area contributed by atoms with Gasteiger partial charge < -0.3 is 15.0 Å². The van der Waals surface area contributed by atoms with Crippen LogP contribution in [0.2, 0.25) is 0 Å². The summed E-state index contributed by atoms with van der Waals surface area (Å²) in [4.78, 5) is 8.33. The molecule has 0 unspecified atom stereocenters. The normalized spacial score (nSPS) is 4.67. The average molecular weight is 191 g/mol. The summed E-state index contributed by atoms with van der Waals surface area (Å²) in [6.07, 6.45) is -2.33. The van der Waals surface area contributed by atoms with E-state index in [0.29, 0.717) is 0 Å². The third kappa shape index (κ3) is 177. The molecule has 0 spiro atoms. The van der Waals surface area contributed by atoms with Crippen molar-refractivity contribution in [3.8, 4) is 0 Å². The Hall–Kier alpha value is 1.85. The van der Waals surface area contributed by atoms with Gasteiger partial charge in [-0.1, -0.05) is 0 Å². The molecule has 7 heteroatoms. The van der Waals surface area contributed by atoms with E-state index >= 15 is 0 Å². The fourth-order valence-corrected chi connectivity index (χ4v) is 0. The topological polar surface area (TPSA) is 63.2 Å². The first-order valence-corrected chi connectivity index (χ1v) is 2.22. The maximum atomic E-state index is 8.33. The zero-order chi connectivity index (χ0) is 6.28. The second-order valence-electron chi connectivity index (χ2n) is 0.351. The first-order valence-electron chi connectivity index (χ1n) is 1.15. The maximum Gasteiger partial charge on any atom is 1.00 e. The van der Waals surface area contributed by atoms with Crippen LogP contribution >= 0.6 is 23.2 Å². The van der Waals surface area contributed by atoms with Crippen LogP contribution in [0.3, 0.4) is 0 Å². The molecule has 0 rings (SSSR count). The number of alkyl halides is 2. The molecule has 0 aliphatic heterocycles. The van der Waals surface area contributed by atoms with Gasteiger partial charge in [0.1, 0.15) is 0 Å². The van der Waals surface area contributed by atoms with E-state index in [9.17, 15) is 0 Å². The fraction of sp³-hybridized carbons (Fsp3) is 0.500. The summed E-state index contributed by atoms with van der Waals surface area (Å²) in [6, 6.07) is 0. The third-order valence-electron chi connectivity index (χ3n) is 0. The largest absolute Gasteiger partial charge is 1.00 e. The van der Waals surface area contributed by atoms with Gasteiger partial charge in [0.25, 0.3) is 0 Å². The van der Waals surface area contributed by atoms with Crippen molar-refractivity contribution >= 4 is 29.4 Å². The average Bonchev–Trinajstić information content (AvgIpc) is 1.33. The summed E-state index contributed by atoms with van der Waals surface area (Å²) in [6.45, 7) is 0. The summed E-state index contributed by atoms with van der Waals surface area (Å²) < 4.78 is 0. The van der Waals surface area contributed by atoms with E-state index in [-0.39, 0.29) is 64.5 Å². The summed E-state index contributed by atoms with van der Waals surface area (Å²) in [7, 11) is 0. The van der Waals surface area contributed by atoms with E-state index in [2.05, 4.69) is 0 Å². The number of hydrogen-bond acceptors (Lipinski definition) is 3. The van der Waals surface area contributed by atoms with Crippen molar-refractivity contribution < 1.29 is 74.1 Å². The molecule has 0 amide bonds. The van der Waals surface area contributed by atoms with Crippen LogP contribution in [-0.2, 0) is 0 Å². The molecule has 0 aliphatic carbocycles. The van der Waals surface area contributed by atoms with Gasteiger partial charge in [-0.05, 0) is 6.16 Å². The fourth-order valence-electron chi connectivity index (χ4n) is 0. The Balaban J connectivity index is -0.0000000233. The van der Waals surface area contributed by atoms with Crippen molar-refractivity contribution in [2.45, 2.75) is 0 Å². The second-order valence-corrected chi connectivity index (χ2v) is 1.16. The molecule has 0 aromatic rings. The Kier molecular flexibility index (Phi) is 56.2. The van der Waals surface area contributed by atoms with E-state index in [0.717, 1.165) is 0 Å².